The lowest BCUT2D eigenvalue weighted by atomic mass is 9.71. The predicted octanol–water partition coefficient (Wildman–Crippen LogP) is 5.77. The van der Waals surface area contributed by atoms with E-state index in [1.54, 1.807) is 0 Å². The van der Waals surface area contributed by atoms with Gasteiger partial charge in [-0.2, -0.15) is 0 Å². The molecule has 3 aliphatic rings. The van der Waals surface area contributed by atoms with Crippen LogP contribution in [0.3, 0.4) is 0 Å². The molecule has 0 aliphatic heterocycles. The first-order chi connectivity index (χ1) is 12.9. The minimum atomic E-state index is -2.01. The molecule has 1 spiro atoms. The van der Waals surface area contributed by atoms with E-state index in [4.69, 9.17) is 9.16 Å². The van der Waals surface area contributed by atoms with Gasteiger partial charge in [0.2, 0.25) is 0 Å². The van der Waals surface area contributed by atoms with Crippen LogP contribution in [-0.4, -0.2) is 26.2 Å². The number of rotatable bonds is 3. The van der Waals surface area contributed by atoms with Crippen molar-refractivity contribution in [2.75, 3.05) is 0 Å². The van der Waals surface area contributed by atoms with Gasteiger partial charge in [-0.25, -0.2) is 0 Å². The third kappa shape index (κ3) is 3.65. The van der Waals surface area contributed by atoms with Gasteiger partial charge in [0.15, 0.2) is 14.1 Å². The quantitative estimate of drug-likeness (QED) is 0.441. The molecule has 2 fully saturated rings. The fraction of sp³-hybridized carbons (Fsp3) is 0.826. The summed E-state index contributed by atoms with van der Waals surface area (Å²) >= 11 is 0. The maximum Gasteiger partial charge on any atom is 0.307 e. The van der Waals surface area contributed by atoms with E-state index in [2.05, 4.69) is 33.9 Å². The average molecular weight is 407 g/mol. The number of Topliss-reactive ketones (excluding diaryl/α,β-unsaturated/α-hetero) is 1. The molecule has 4 nitrogen and oxygen atoms in total. The summed E-state index contributed by atoms with van der Waals surface area (Å²) in [5, 5.41) is 0.121. The van der Waals surface area contributed by atoms with E-state index in [1.807, 2.05) is 6.92 Å². The van der Waals surface area contributed by atoms with Gasteiger partial charge in [-0.3, -0.25) is 9.59 Å². The Labute approximate surface area is 171 Å². The molecule has 5 heteroatoms. The second-order valence-corrected chi connectivity index (χ2v) is 15.6. The molecule has 158 valence electrons. The van der Waals surface area contributed by atoms with Crippen LogP contribution in [0.1, 0.15) is 79.6 Å². The van der Waals surface area contributed by atoms with Crippen molar-refractivity contribution in [2.24, 2.45) is 17.3 Å². The zero-order valence-corrected chi connectivity index (χ0v) is 19.8. The van der Waals surface area contributed by atoms with E-state index in [-0.39, 0.29) is 34.2 Å². The van der Waals surface area contributed by atoms with Gasteiger partial charge in [0.25, 0.3) is 0 Å². The molecule has 0 heterocycles. The van der Waals surface area contributed by atoms with E-state index >= 15 is 0 Å². The van der Waals surface area contributed by atoms with E-state index in [9.17, 15) is 9.59 Å². The van der Waals surface area contributed by atoms with Gasteiger partial charge in [-0.1, -0.05) is 40.5 Å². The fourth-order valence-corrected chi connectivity index (χ4v) is 6.85. The van der Waals surface area contributed by atoms with Gasteiger partial charge in [0.05, 0.1) is 6.10 Å². The number of carbonyl (C=O) groups excluding carboxylic acids is 2. The largest absolute Gasteiger partial charge is 0.431 e. The number of esters is 1. The summed E-state index contributed by atoms with van der Waals surface area (Å²) in [6, 6.07) is 0. The SMILES string of the molecule is CC(=O)OC1=C2C(=O)[C@H](C)CC23CCCCC(CC1)C3O[Si](C)(C)C(C)(C)C. The highest BCUT2D eigenvalue weighted by Crippen LogP contribution is 2.59. The molecule has 0 aromatic carbocycles. The molecule has 4 atom stereocenters. The molecule has 0 saturated heterocycles. The van der Waals surface area contributed by atoms with Crippen LogP contribution in [0.2, 0.25) is 18.1 Å². The Balaban J connectivity index is 2.15. The summed E-state index contributed by atoms with van der Waals surface area (Å²) < 4.78 is 12.8. The van der Waals surface area contributed by atoms with Gasteiger partial charge in [0, 0.05) is 30.3 Å². The summed E-state index contributed by atoms with van der Waals surface area (Å²) in [6.07, 6.45) is 6.94. The highest BCUT2D eigenvalue weighted by molar-refractivity contribution is 6.74. The zero-order valence-electron chi connectivity index (χ0n) is 18.8. The van der Waals surface area contributed by atoms with Gasteiger partial charge in [-0.15, -0.1) is 0 Å². The van der Waals surface area contributed by atoms with Crippen molar-refractivity contribution in [1.29, 1.82) is 0 Å². The number of fused-ring (bicyclic) bond motifs is 1. The van der Waals surface area contributed by atoms with Crippen LogP contribution in [0.15, 0.2) is 11.3 Å². The number of carbonyl (C=O) groups is 2. The molecule has 0 aromatic heterocycles. The predicted molar refractivity (Wildman–Crippen MR) is 113 cm³/mol. The van der Waals surface area contributed by atoms with E-state index in [1.165, 1.54) is 13.3 Å². The van der Waals surface area contributed by atoms with E-state index in [0.717, 1.165) is 37.7 Å². The lowest BCUT2D eigenvalue weighted by Crippen LogP contribution is -2.51. The summed E-state index contributed by atoms with van der Waals surface area (Å²) in [6.45, 7) is 14.9. The molecule has 0 amide bonds. The number of allylic oxidation sites excluding steroid dienone is 1. The first kappa shape index (κ1) is 21.8. The second-order valence-electron chi connectivity index (χ2n) is 10.9. The molecule has 0 aromatic rings. The summed E-state index contributed by atoms with van der Waals surface area (Å²) in [5.74, 6) is 0.916. The maximum absolute atomic E-state index is 13.3. The van der Waals surface area contributed by atoms with Gasteiger partial charge in [-0.05, 0) is 49.7 Å². The van der Waals surface area contributed by atoms with Crippen LogP contribution in [0.5, 0.6) is 0 Å². The smallest absolute Gasteiger partial charge is 0.307 e. The highest BCUT2D eigenvalue weighted by Gasteiger charge is 2.59. The molecule has 3 unspecified atom stereocenters. The Morgan fingerprint density at radius 1 is 1.18 bits per heavy atom. The Morgan fingerprint density at radius 3 is 2.46 bits per heavy atom. The number of hydrogen-bond donors (Lipinski definition) is 0. The molecule has 2 saturated carbocycles. The standard InChI is InChI=1S/C23H38O4Si/c1-15-14-23-13-9-8-10-17(21(23)27-28(6,7)22(3,4)5)11-12-18(26-16(2)24)19(23)20(15)25/h15,17,21H,8-14H2,1-7H3/t15-,17?,21?,23?/m1/s1. The third-order valence-electron chi connectivity index (χ3n) is 7.80. The van der Waals surface area contributed by atoms with Crippen LogP contribution < -0.4 is 0 Å². The van der Waals surface area contributed by atoms with E-state index < -0.39 is 8.32 Å². The maximum atomic E-state index is 13.3. The molecule has 3 rings (SSSR count). The van der Waals surface area contributed by atoms with Crippen molar-refractivity contribution in [3.63, 3.8) is 0 Å². The monoisotopic (exact) mass is 406 g/mol. The lowest BCUT2D eigenvalue weighted by Gasteiger charge is -2.47. The van der Waals surface area contributed by atoms with Gasteiger partial charge < -0.3 is 9.16 Å². The van der Waals surface area contributed by atoms with Crippen LogP contribution in [-0.2, 0) is 18.8 Å². The van der Waals surface area contributed by atoms with Crippen LogP contribution >= 0.6 is 0 Å². The Hall–Kier alpha value is -0.943. The molecule has 2 bridgehead atoms. The Kier molecular flexibility index (Phi) is 5.74. The van der Waals surface area contributed by atoms with Crippen LogP contribution in [0.25, 0.3) is 0 Å². The van der Waals surface area contributed by atoms with Crippen molar-refractivity contribution in [3.8, 4) is 0 Å². The van der Waals surface area contributed by atoms with Crippen molar-refractivity contribution in [1.82, 2.24) is 0 Å². The van der Waals surface area contributed by atoms with Crippen molar-refractivity contribution in [3.05, 3.63) is 11.3 Å². The topological polar surface area (TPSA) is 52.6 Å². The van der Waals surface area contributed by atoms with Crippen molar-refractivity contribution in [2.45, 2.75) is 104 Å². The normalized spacial score (nSPS) is 34.0. The van der Waals surface area contributed by atoms with Crippen LogP contribution in [0.4, 0.5) is 0 Å². The third-order valence-corrected chi connectivity index (χ3v) is 12.3. The van der Waals surface area contributed by atoms with Gasteiger partial charge in [0.1, 0.15) is 5.76 Å². The minimum Gasteiger partial charge on any atom is -0.431 e. The molecular weight excluding hydrogens is 368 g/mol. The molecule has 0 radical (unpaired) electrons. The zero-order chi connectivity index (χ0) is 20.9. The Bertz CT molecular complexity index is 687. The first-order valence-electron chi connectivity index (χ1n) is 11.0. The molecule has 0 N–H and O–H groups in total. The number of ether oxygens (including phenoxy) is 1. The molecular formula is C23H38O4Si. The van der Waals surface area contributed by atoms with Crippen LogP contribution in [0, 0.1) is 17.3 Å². The second kappa shape index (κ2) is 7.39. The average Bonchev–Trinajstić information content (AvgIpc) is 2.66. The fourth-order valence-electron chi connectivity index (χ4n) is 5.44. The van der Waals surface area contributed by atoms with Gasteiger partial charge >= 0.3 is 5.97 Å². The number of hydrogen-bond acceptors (Lipinski definition) is 4. The Morgan fingerprint density at radius 2 is 1.86 bits per heavy atom. The van der Waals surface area contributed by atoms with Crippen molar-refractivity contribution < 1.29 is 18.8 Å². The van der Waals surface area contributed by atoms with Crippen molar-refractivity contribution >= 4 is 20.1 Å². The summed E-state index contributed by atoms with van der Waals surface area (Å²) in [5.41, 5.74) is 0.525. The first-order valence-corrected chi connectivity index (χ1v) is 13.9. The number of ketones is 1. The highest BCUT2D eigenvalue weighted by atomic mass is 28.4. The summed E-state index contributed by atoms with van der Waals surface area (Å²) in [4.78, 5) is 25.1. The van der Waals surface area contributed by atoms with E-state index in [0.29, 0.717) is 18.1 Å². The molecule has 3 aliphatic carbocycles. The lowest BCUT2D eigenvalue weighted by molar-refractivity contribution is -0.137. The summed E-state index contributed by atoms with van der Waals surface area (Å²) in [7, 11) is -2.01. The minimum absolute atomic E-state index is 0.0251. The molecule has 28 heavy (non-hydrogen) atoms.